The van der Waals surface area contributed by atoms with Crippen molar-refractivity contribution in [3.63, 3.8) is 0 Å². The number of aromatic nitrogens is 2. The summed E-state index contributed by atoms with van der Waals surface area (Å²) < 4.78 is 16.8. The molecule has 0 saturated carbocycles. The van der Waals surface area contributed by atoms with Gasteiger partial charge >= 0.3 is 0 Å². The summed E-state index contributed by atoms with van der Waals surface area (Å²) in [4.78, 5) is 7.17. The predicted octanol–water partition coefficient (Wildman–Crippen LogP) is 5.41. The summed E-state index contributed by atoms with van der Waals surface area (Å²) in [5.74, 6) is -0.549. The summed E-state index contributed by atoms with van der Waals surface area (Å²) in [6, 6.07) is 14.8. The number of aryl methyl sites for hydroxylation is 2. The Morgan fingerprint density at radius 1 is 1.21 bits per heavy atom. The molecule has 7 heteroatoms. The number of hydrogen-bond donors (Lipinski definition) is 1. The third-order valence-electron chi connectivity index (χ3n) is 6.72. The number of likely N-dealkylation sites (tertiary alicyclic amines) is 1. The fourth-order valence-electron chi connectivity index (χ4n) is 4.75. The number of nitrogens with two attached hydrogens (primary N) is 1. The minimum atomic E-state index is -0.549. The van der Waals surface area contributed by atoms with E-state index in [1.807, 2.05) is 44.4 Å². The molecule has 2 aromatic carbocycles. The van der Waals surface area contributed by atoms with E-state index in [0.29, 0.717) is 10.6 Å². The van der Waals surface area contributed by atoms with Gasteiger partial charge < -0.3 is 10.3 Å². The lowest BCUT2D eigenvalue weighted by Gasteiger charge is -2.15. The molecular weight excluding hydrogens is 449 g/mol. The number of nitriles is 1. The van der Waals surface area contributed by atoms with Crippen LogP contribution < -0.4 is 5.73 Å². The van der Waals surface area contributed by atoms with Crippen LogP contribution in [-0.4, -0.2) is 33.6 Å². The molecule has 0 spiro atoms. The van der Waals surface area contributed by atoms with Crippen LogP contribution in [0.25, 0.3) is 33.3 Å². The van der Waals surface area contributed by atoms with Crippen LogP contribution in [0.5, 0.6) is 0 Å². The van der Waals surface area contributed by atoms with E-state index in [0.717, 1.165) is 65.0 Å². The average Bonchev–Trinajstić information content (AvgIpc) is 3.37. The Bertz CT molecular complexity index is 1450. The standard InChI is InChI=1S/C27H25ClFN5/c1-16-3-4-18(9-23(16)28)27-26(17-5-6-19(12-30)24(29)10-17)22-11-21(33(2)25(22)13-32-27)15-34-8-7-20(31)14-34/h3-6,9-11,13,20H,7-8,14-15,31H2,1-2H3/t20-/m0/s1. The van der Waals surface area contributed by atoms with Crippen LogP contribution in [-0.2, 0) is 13.6 Å². The Morgan fingerprint density at radius 3 is 2.68 bits per heavy atom. The SMILES string of the molecule is Cc1ccc(-c2ncc3c(cc(CN4CC[C@H](N)C4)n3C)c2-c2ccc(C#N)c(F)c2)cc1Cl. The molecule has 172 valence electrons. The first-order chi connectivity index (χ1) is 16.4. The smallest absolute Gasteiger partial charge is 0.141 e. The third kappa shape index (κ3) is 3.97. The first-order valence-corrected chi connectivity index (χ1v) is 11.6. The Morgan fingerprint density at radius 2 is 2.00 bits per heavy atom. The molecule has 0 bridgehead atoms. The Balaban J connectivity index is 1.73. The number of halogens is 2. The van der Waals surface area contributed by atoms with Crippen LogP contribution in [0.1, 0.15) is 23.2 Å². The lowest BCUT2D eigenvalue weighted by atomic mass is 9.95. The Labute approximate surface area is 203 Å². The second-order valence-corrected chi connectivity index (χ2v) is 9.44. The Hall–Kier alpha value is -3.24. The van der Waals surface area contributed by atoms with E-state index < -0.39 is 5.82 Å². The van der Waals surface area contributed by atoms with Gasteiger partial charge in [0.05, 0.1) is 23.0 Å². The largest absolute Gasteiger partial charge is 0.345 e. The third-order valence-corrected chi connectivity index (χ3v) is 7.13. The highest BCUT2D eigenvalue weighted by Gasteiger charge is 2.23. The van der Waals surface area contributed by atoms with Crippen molar-refractivity contribution in [3.8, 4) is 28.5 Å². The Kier molecular flexibility index (Phi) is 5.86. The molecule has 5 rings (SSSR count). The van der Waals surface area contributed by atoms with Crippen LogP contribution in [0.4, 0.5) is 4.39 Å². The molecule has 2 aromatic heterocycles. The monoisotopic (exact) mass is 473 g/mol. The number of pyridine rings is 1. The highest BCUT2D eigenvalue weighted by atomic mass is 35.5. The zero-order valence-electron chi connectivity index (χ0n) is 19.1. The number of benzene rings is 2. The zero-order chi connectivity index (χ0) is 24.0. The van der Waals surface area contributed by atoms with E-state index in [-0.39, 0.29) is 11.6 Å². The number of hydrogen-bond acceptors (Lipinski definition) is 4. The van der Waals surface area contributed by atoms with Crippen molar-refractivity contribution in [3.05, 3.63) is 76.3 Å². The van der Waals surface area contributed by atoms with Gasteiger partial charge in [-0.05, 0) is 48.7 Å². The van der Waals surface area contributed by atoms with E-state index in [4.69, 9.17) is 22.3 Å². The molecule has 34 heavy (non-hydrogen) atoms. The van der Waals surface area contributed by atoms with Gasteiger partial charge in [0.25, 0.3) is 0 Å². The van der Waals surface area contributed by atoms with Gasteiger partial charge in [-0.3, -0.25) is 9.88 Å². The van der Waals surface area contributed by atoms with E-state index >= 15 is 0 Å². The maximum absolute atomic E-state index is 14.7. The van der Waals surface area contributed by atoms with Gasteiger partial charge in [0, 0.05) is 60.0 Å². The van der Waals surface area contributed by atoms with Gasteiger partial charge in [-0.1, -0.05) is 29.8 Å². The lowest BCUT2D eigenvalue weighted by molar-refractivity contribution is 0.319. The minimum Gasteiger partial charge on any atom is -0.345 e. The summed E-state index contributed by atoms with van der Waals surface area (Å²) in [5, 5.41) is 10.8. The van der Waals surface area contributed by atoms with E-state index in [2.05, 4.69) is 15.5 Å². The van der Waals surface area contributed by atoms with Crippen molar-refractivity contribution < 1.29 is 4.39 Å². The number of rotatable bonds is 4. The van der Waals surface area contributed by atoms with E-state index in [9.17, 15) is 9.65 Å². The second-order valence-electron chi connectivity index (χ2n) is 9.03. The van der Waals surface area contributed by atoms with E-state index in [1.165, 1.54) is 12.1 Å². The van der Waals surface area contributed by atoms with Crippen LogP contribution in [0, 0.1) is 24.1 Å². The molecule has 0 amide bonds. The molecule has 5 nitrogen and oxygen atoms in total. The average molecular weight is 474 g/mol. The fourth-order valence-corrected chi connectivity index (χ4v) is 4.93. The summed E-state index contributed by atoms with van der Waals surface area (Å²) in [5.41, 5.74) is 12.3. The van der Waals surface area contributed by atoms with Crippen molar-refractivity contribution >= 4 is 22.5 Å². The number of fused-ring (bicyclic) bond motifs is 1. The van der Waals surface area contributed by atoms with Crippen LogP contribution >= 0.6 is 11.6 Å². The molecule has 1 fully saturated rings. The molecule has 1 atom stereocenters. The van der Waals surface area contributed by atoms with Gasteiger partial charge in [0.1, 0.15) is 11.9 Å². The minimum absolute atomic E-state index is 0.0166. The normalized spacial score (nSPS) is 16.3. The van der Waals surface area contributed by atoms with Gasteiger partial charge in [-0.2, -0.15) is 5.26 Å². The van der Waals surface area contributed by atoms with Gasteiger partial charge in [0.2, 0.25) is 0 Å². The highest BCUT2D eigenvalue weighted by Crippen LogP contribution is 2.39. The van der Waals surface area contributed by atoms with Crippen molar-refractivity contribution in [2.45, 2.75) is 25.9 Å². The highest BCUT2D eigenvalue weighted by molar-refractivity contribution is 6.31. The summed E-state index contributed by atoms with van der Waals surface area (Å²) >= 11 is 6.44. The summed E-state index contributed by atoms with van der Waals surface area (Å²) in [7, 11) is 2.03. The lowest BCUT2D eigenvalue weighted by Crippen LogP contribution is -2.26. The van der Waals surface area contributed by atoms with Crippen LogP contribution in [0.15, 0.2) is 48.7 Å². The van der Waals surface area contributed by atoms with E-state index in [1.54, 1.807) is 6.07 Å². The molecule has 0 unspecified atom stereocenters. The molecule has 0 radical (unpaired) electrons. The predicted molar refractivity (Wildman–Crippen MR) is 134 cm³/mol. The maximum atomic E-state index is 14.7. The van der Waals surface area contributed by atoms with Crippen LogP contribution in [0.3, 0.4) is 0 Å². The first-order valence-electron chi connectivity index (χ1n) is 11.3. The summed E-state index contributed by atoms with van der Waals surface area (Å²) in [6.45, 7) is 4.58. The van der Waals surface area contributed by atoms with Crippen molar-refractivity contribution in [1.29, 1.82) is 5.26 Å². The zero-order valence-corrected chi connectivity index (χ0v) is 19.9. The molecule has 3 heterocycles. The van der Waals surface area contributed by atoms with Crippen LogP contribution in [0.2, 0.25) is 5.02 Å². The molecule has 1 aliphatic heterocycles. The van der Waals surface area contributed by atoms with Crippen molar-refractivity contribution in [2.75, 3.05) is 13.1 Å². The first kappa shape index (κ1) is 22.5. The molecule has 1 saturated heterocycles. The molecule has 2 N–H and O–H groups in total. The van der Waals surface area contributed by atoms with Gasteiger partial charge in [0.15, 0.2) is 0 Å². The molecule has 1 aliphatic rings. The van der Waals surface area contributed by atoms with Gasteiger partial charge in [-0.25, -0.2) is 4.39 Å². The van der Waals surface area contributed by atoms with Crippen molar-refractivity contribution in [1.82, 2.24) is 14.5 Å². The number of nitrogens with zero attached hydrogens (tertiary/aromatic N) is 4. The maximum Gasteiger partial charge on any atom is 0.141 e. The second kappa shape index (κ2) is 8.84. The molecular formula is C27H25ClFN5. The summed E-state index contributed by atoms with van der Waals surface area (Å²) in [6.07, 6.45) is 2.86. The van der Waals surface area contributed by atoms with Gasteiger partial charge in [-0.15, -0.1) is 0 Å². The molecule has 0 aliphatic carbocycles. The quantitative estimate of drug-likeness (QED) is 0.430. The van der Waals surface area contributed by atoms with Crippen molar-refractivity contribution in [2.24, 2.45) is 12.8 Å². The fraction of sp³-hybridized carbons (Fsp3) is 0.259. The molecule has 4 aromatic rings. The topological polar surface area (TPSA) is 70.9 Å².